The van der Waals surface area contributed by atoms with E-state index < -0.39 is 70.0 Å². The van der Waals surface area contributed by atoms with Gasteiger partial charge in [0, 0.05) is 5.57 Å². The highest BCUT2D eigenvalue weighted by molar-refractivity contribution is 5.76. The van der Waals surface area contributed by atoms with Crippen LogP contribution in [0.3, 0.4) is 0 Å². The van der Waals surface area contributed by atoms with E-state index in [1.807, 2.05) is 0 Å². The highest BCUT2D eigenvalue weighted by Crippen LogP contribution is 2.43. The molecule has 0 heterocycles. The summed E-state index contributed by atoms with van der Waals surface area (Å²) in [6, 6.07) is 0. The lowest BCUT2D eigenvalue weighted by Crippen LogP contribution is -2.27. The third kappa shape index (κ3) is 2.08. The van der Waals surface area contributed by atoms with E-state index in [9.17, 15) is 43.9 Å². The van der Waals surface area contributed by atoms with Crippen LogP contribution in [0.2, 0.25) is 0 Å². The number of hydrogen-bond donors (Lipinski definition) is 0. The molecule has 0 aromatic heterocycles. The van der Waals surface area contributed by atoms with Crippen molar-refractivity contribution in [1.82, 2.24) is 0 Å². The summed E-state index contributed by atoms with van der Waals surface area (Å²) in [5, 5.41) is 0. The minimum absolute atomic E-state index is 2.14. The summed E-state index contributed by atoms with van der Waals surface area (Å²) in [7, 11) is 0. The molecule has 0 radical (unpaired) electrons. The van der Waals surface area contributed by atoms with E-state index in [-0.39, 0.29) is 0 Å². The van der Waals surface area contributed by atoms with Gasteiger partial charge in [0.25, 0.3) is 0 Å². The van der Waals surface area contributed by atoms with E-state index in [0.717, 1.165) is 0 Å². The summed E-state index contributed by atoms with van der Waals surface area (Å²) < 4.78 is 132. The molecule has 0 saturated carbocycles. The summed E-state index contributed by atoms with van der Waals surface area (Å²) in [6.07, 6.45) is -7.00. The van der Waals surface area contributed by atoms with E-state index in [0.29, 0.717) is 0 Å². The Morgan fingerprint density at radius 1 is 0.500 bits per heavy atom. The van der Waals surface area contributed by atoms with Crippen LogP contribution in [0.25, 0.3) is 5.57 Å². The van der Waals surface area contributed by atoms with Gasteiger partial charge in [-0.2, -0.15) is 0 Å². The standard InChI is InChI=1S/C12H2F10/c13-3-1(4(14)8(18)11(21)7(3)17)2-5(15)9(19)12(22)10(20)6(2)16/h3,7H. The van der Waals surface area contributed by atoms with Crippen molar-refractivity contribution in [1.29, 1.82) is 0 Å². The topological polar surface area (TPSA) is 0 Å². The maximum Gasteiger partial charge on any atom is 0.200 e. The number of alkyl halides is 2. The summed E-state index contributed by atoms with van der Waals surface area (Å²) >= 11 is 0. The summed E-state index contributed by atoms with van der Waals surface area (Å²) in [6.45, 7) is 0. The van der Waals surface area contributed by atoms with E-state index in [2.05, 4.69) is 0 Å². The second kappa shape index (κ2) is 5.33. The average molecular weight is 336 g/mol. The fourth-order valence-electron chi connectivity index (χ4n) is 1.83. The molecule has 0 aliphatic heterocycles. The Kier molecular flexibility index (Phi) is 3.96. The van der Waals surface area contributed by atoms with Gasteiger partial charge >= 0.3 is 0 Å². The average Bonchev–Trinajstić information content (AvgIpc) is 2.50. The Morgan fingerprint density at radius 3 is 1.36 bits per heavy atom. The van der Waals surface area contributed by atoms with Crippen molar-refractivity contribution < 1.29 is 43.9 Å². The molecule has 22 heavy (non-hydrogen) atoms. The minimum atomic E-state index is -3.51. The molecular formula is C12H2F10. The van der Waals surface area contributed by atoms with Crippen LogP contribution in [0.4, 0.5) is 43.9 Å². The largest absolute Gasteiger partial charge is 0.238 e. The van der Waals surface area contributed by atoms with Crippen molar-refractivity contribution in [3.63, 3.8) is 0 Å². The maximum absolute atomic E-state index is 13.5. The molecule has 0 N–H and O–H groups in total. The normalized spacial score (nSPS) is 22.6. The van der Waals surface area contributed by atoms with E-state index in [1.54, 1.807) is 0 Å². The summed E-state index contributed by atoms with van der Waals surface area (Å²) in [5.41, 5.74) is -4.34. The third-order valence-corrected chi connectivity index (χ3v) is 2.89. The Labute approximate surface area is 115 Å². The van der Waals surface area contributed by atoms with Crippen molar-refractivity contribution in [2.75, 3.05) is 0 Å². The summed E-state index contributed by atoms with van der Waals surface area (Å²) in [5.74, 6) is -20.9. The van der Waals surface area contributed by atoms with E-state index in [1.165, 1.54) is 0 Å². The Bertz CT molecular complexity index is 688. The maximum atomic E-state index is 13.5. The highest BCUT2D eigenvalue weighted by Gasteiger charge is 2.44. The molecule has 0 bridgehead atoms. The summed E-state index contributed by atoms with van der Waals surface area (Å²) in [4.78, 5) is 0. The smallest absolute Gasteiger partial charge is 0.200 e. The number of rotatable bonds is 1. The Balaban J connectivity index is 2.87. The quantitative estimate of drug-likeness (QED) is 0.389. The van der Waals surface area contributed by atoms with E-state index in [4.69, 9.17) is 0 Å². The van der Waals surface area contributed by atoms with Crippen LogP contribution < -0.4 is 0 Å². The zero-order valence-electron chi connectivity index (χ0n) is 9.93. The molecule has 0 nitrogen and oxygen atoms in total. The predicted molar refractivity (Wildman–Crippen MR) is 53.3 cm³/mol. The van der Waals surface area contributed by atoms with Gasteiger partial charge in [0.1, 0.15) is 0 Å². The van der Waals surface area contributed by atoms with Crippen LogP contribution >= 0.6 is 0 Å². The number of hydrogen-bond acceptors (Lipinski definition) is 0. The van der Waals surface area contributed by atoms with Crippen LogP contribution in [0, 0.1) is 29.1 Å². The van der Waals surface area contributed by atoms with Crippen molar-refractivity contribution in [3.8, 4) is 0 Å². The molecule has 1 aromatic rings. The lowest BCUT2D eigenvalue weighted by molar-refractivity contribution is 0.199. The first kappa shape index (κ1) is 16.4. The van der Waals surface area contributed by atoms with Crippen molar-refractivity contribution in [2.45, 2.75) is 12.3 Å². The molecular weight excluding hydrogens is 334 g/mol. The molecule has 2 unspecified atom stereocenters. The molecule has 0 saturated heterocycles. The molecule has 0 spiro atoms. The van der Waals surface area contributed by atoms with Gasteiger partial charge in [0.15, 0.2) is 53.1 Å². The molecule has 0 fully saturated rings. The van der Waals surface area contributed by atoms with Crippen LogP contribution in [0.5, 0.6) is 0 Å². The number of benzene rings is 1. The van der Waals surface area contributed by atoms with Crippen molar-refractivity contribution in [3.05, 3.63) is 52.1 Å². The fraction of sp³-hybridized carbons (Fsp3) is 0.167. The Morgan fingerprint density at radius 2 is 0.909 bits per heavy atom. The zero-order chi connectivity index (χ0) is 16.9. The van der Waals surface area contributed by atoms with Crippen LogP contribution in [-0.2, 0) is 0 Å². The first-order valence-electron chi connectivity index (χ1n) is 5.36. The molecule has 1 aliphatic carbocycles. The lowest BCUT2D eigenvalue weighted by atomic mass is 9.91. The Hall–Kier alpha value is -2.00. The molecule has 120 valence electrons. The van der Waals surface area contributed by atoms with Crippen LogP contribution in [0.1, 0.15) is 5.56 Å². The minimum Gasteiger partial charge on any atom is -0.238 e. The fourth-order valence-corrected chi connectivity index (χ4v) is 1.83. The third-order valence-electron chi connectivity index (χ3n) is 2.89. The van der Waals surface area contributed by atoms with Gasteiger partial charge in [-0.3, -0.25) is 0 Å². The SMILES string of the molecule is FC1=C(F)C(F)C(F)C(c2c(F)c(F)c(F)c(F)c2F)=C1F. The van der Waals surface area contributed by atoms with Gasteiger partial charge in [0.05, 0.1) is 5.56 Å². The van der Waals surface area contributed by atoms with Gasteiger partial charge in [-0.05, 0) is 0 Å². The zero-order valence-corrected chi connectivity index (χ0v) is 9.93. The molecule has 10 heteroatoms. The van der Waals surface area contributed by atoms with Crippen LogP contribution in [-0.4, -0.2) is 12.3 Å². The van der Waals surface area contributed by atoms with Crippen molar-refractivity contribution in [2.24, 2.45) is 0 Å². The van der Waals surface area contributed by atoms with E-state index >= 15 is 0 Å². The molecule has 1 aliphatic rings. The van der Waals surface area contributed by atoms with Gasteiger partial charge in [0.2, 0.25) is 5.82 Å². The van der Waals surface area contributed by atoms with Gasteiger partial charge in [-0.15, -0.1) is 0 Å². The van der Waals surface area contributed by atoms with Gasteiger partial charge in [-0.1, -0.05) is 0 Å². The molecule has 0 amide bonds. The molecule has 2 atom stereocenters. The lowest BCUT2D eigenvalue weighted by Gasteiger charge is -2.22. The number of allylic oxidation sites excluding steroid dienone is 4. The highest BCUT2D eigenvalue weighted by atomic mass is 19.2. The number of halogens is 10. The van der Waals surface area contributed by atoms with Gasteiger partial charge in [-0.25, -0.2) is 43.9 Å². The van der Waals surface area contributed by atoms with Gasteiger partial charge < -0.3 is 0 Å². The first-order valence-corrected chi connectivity index (χ1v) is 5.36. The second-order valence-electron chi connectivity index (χ2n) is 4.14. The monoisotopic (exact) mass is 336 g/mol. The van der Waals surface area contributed by atoms with Crippen molar-refractivity contribution >= 4 is 5.57 Å². The molecule has 2 rings (SSSR count). The molecule has 1 aromatic carbocycles. The van der Waals surface area contributed by atoms with Crippen LogP contribution in [0.15, 0.2) is 17.5 Å². The predicted octanol–water partition coefficient (Wildman–Crippen LogP) is 4.90. The second-order valence-corrected chi connectivity index (χ2v) is 4.14. The first-order chi connectivity index (χ1) is 10.1.